The van der Waals surface area contributed by atoms with Gasteiger partial charge >= 0.3 is 0 Å². The van der Waals surface area contributed by atoms with Gasteiger partial charge in [-0.05, 0) is 55.5 Å². The highest BCUT2D eigenvalue weighted by molar-refractivity contribution is 7.89. The number of nitrogens with one attached hydrogen (secondary N) is 2. The first kappa shape index (κ1) is 23.9. The number of nitrogens with zero attached hydrogens (tertiary/aromatic N) is 1. The topological polar surface area (TPSA) is 114 Å². The Morgan fingerprint density at radius 3 is 2.48 bits per heavy atom. The fraction of sp³-hybridized carbons (Fsp3) is 0.478. The summed E-state index contributed by atoms with van der Waals surface area (Å²) in [4.78, 5) is 27.7. The maximum atomic E-state index is 12.9. The van der Waals surface area contributed by atoms with Crippen molar-refractivity contribution in [2.75, 3.05) is 31.5 Å². The van der Waals surface area contributed by atoms with Crippen LogP contribution in [0.1, 0.15) is 57.8 Å². The third-order valence-corrected chi connectivity index (χ3v) is 9.76. The molecule has 0 aliphatic carbocycles. The van der Waals surface area contributed by atoms with E-state index in [1.54, 1.807) is 0 Å². The first-order valence-corrected chi connectivity index (χ1v) is 13.7. The Bertz CT molecular complexity index is 1150. The average molecular weight is 492 g/mol. The number of thiophene rings is 1. The van der Waals surface area contributed by atoms with Crippen molar-refractivity contribution in [3.8, 4) is 0 Å². The number of rotatable bonds is 6. The van der Waals surface area contributed by atoms with Crippen LogP contribution >= 0.6 is 11.3 Å². The summed E-state index contributed by atoms with van der Waals surface area (Å²) < 4.78 is 27.4. The van der Waals surface area contributed by atoms with Crippen molar-refractivity contribution in [3.63, 3.8) is 0 Å². The Kier molecular flexibility index (Phi) is 6.90. The Labute approximate surface area is 198 Å². The van der Waals surface area contributed by atoms with Gasteiger partial charge in [0, 0.05) is 25.1 Å². The summed E-state index contributed by atoms with van der Waals surface area (Å²) in [5.41, 5.74) is 7.32. The van der Waals surface area contributed by atoms with Crippen molar-refractivity contribution in [1.29, 1.82) is 0 Å². The Morgan fingerprint density at radius 1 is 1.21 bits per heavy atom. The molecule has 4 N–H and O–H groups in total. The van der Waals surface area contributed by atoms with Gasteiger partial charge in [-0.25, -0.2) is 8.42 Å². The summed E-state index contributed by atoms with van der Waals surface area (Å²) in [6.07, 6.45) is 2.46. The largest absolute Gasteiger partial charge is 0.365 e. The second-order valence-electron chi connectivity index (χ2n) is 8.92. The molecule has 33 heavy (non-hydrogen) atoms. The van der Waals surface area contributed by atoms with Crippen LogP contribution in [0.25, 0.3) is 0 Å². The maximum Gasteiger partial charge on any atom is 0.256 e. The predicted molar refractivity (Wildman–Crippen MR) is 128 cm³/mol. The van der Waals surface area contributed by atoms with E-state index in [0.717, 1.165) is 49.3 Å². The molecule has 2 aromatic rings. The first-order chi connectivity index (χ1) is 15.7. The lowest BCUT2D eigenvalue weighted by Gasteiger charge is -2.29. The molecule has 2 aliphatic heterocycles. The molecule has 1 saturated heterocycles. The quantitative estimate of drug-likeness (QED) is 0.568. The number of sulfonamides is 1. The van der Waals surface area contributed by atoms with Crippen LogP contribution in [-0.2, 0) is 23.0 Å². The molecular weight excluding hydrogens is 460 g/mol. The number of fused-ring (bicyclic) bond motifs is 1. The van der Waals surface area contributed by atoms with Gasteiger partial charge in [-0.1, -0.05) is 6.92 Å². The summed E-state index contributed by atoms with van der Waals surface area (Å²) in [6.45, 7) is 8.03. The second kappa shape index (κ2) is 9.54. The number of nitrogens with two attached hydrogens (primary N) is 1. The normalized spacial score (nSPS) is 19.8. The number of likely N-dealkylation sites (N-methyl/N-ethyl adjacent to an activating group) is 1. The molecule has 1 fully saturated rings. The van der Waals surface area contributed by atoms with Crippen LogP contribution in [0.15, 0.2) is 29.2 Å². The molecule has 0 saturated carbocycles. The van der Waals surface area contributed by atoms with E-state index in [2.05, 4.69) is 19.2 Å². The molecule has 1 aromatic carbocycles. The number of hydrogen-bond acceptors (Lipinski definition) is 5. The minimum Gasteiger partial charge on any atom is -0.365 e. The number of hydrogen-bond donors (Lipinski definition) is 3. The number of piperidine rings is 1. The van der Waals surface area contributed by atoms with E-state index in [4.69, 9.17) is 5.73 Å². The first-order valence-electron chi connectivity index (χ1n) is 11.4. The van der Waals surface area contributed by atoms with Crippen LogP contribution < -0.4 is 16.0 Å². The Morgan fingerprint density at radius 2 is 1.88 bits per heavy atom. The lowest BCUT2D eigenvalue weighted by atomic mass is 10.0. The minimum atomic E-state index is -3.57. The van der Waals surface area contributed by atoms with E-state index in [1.165, 1.54) is 44.8 Å². The van der Waals surface area contributed by atoms with E-state index >= 15 is 0 Å². The zero-order chi connectivity index (χ0) is 23.8. The lowest BCUT2D eigenvalue weighted by Crippen LogP contribution is -3.11. The van der Waals surface area contributed by atoms with Crippen molar-refractivity contribution in [1.82, 2.24) is 4.31 Å². The van der Waals surface area contributed by atoms with Crippen molar-refractivity contribution in [2.45, 2.75) is 44.6 Å². The summed E-state index contributed by atoms with van der Waals surface area (Å²) in [7, 11) is -3.57. The van der Waals surface area contributed by atoms with Crippen LogP contribution in [-0.4, -0.2) is 50.7 Å². The van der Waals surface area contributed by atoms with Crippen molar-refractivity contribution in [2.24, 2.45) is 11.7 Å². The van der Waals surface area contributed by atoms with Crippen LogP contribution in [0.2, 0.25) is 0 Å². The van der Waals surface area contributed by atoms with Gasteiger partial charge in [0.05, 0.1) is 28.4 Å². The zero-order valence-electron chi connectivity index (χ0n) is 19.0. The number of anilines is 1. The van der Waals surface area contributed by atoms with E-state index < -0.39 is 21.8 Å². The maximum absolute atomic E-state index is 12.9. The fourth-order valence-corrected chi connectivity index (χ4v) is 7.30. The minimum absolute atomic E-state index is 0.181. The number of primary amides is 1. The summed E-state index contributed by atoms with van der Waals surface area (Å²) in [5.74, 6) is -0.409. The molecule has 1 aromatic heterocycles. The van der Waals surface area contributed by atoms with Gasteiger partial charge in [0.2, 0.25) is 10.0 Å². The number of amides is 2. The molecule has 0 spiro atoms. The highest BCUT2D eigenvalue weighted by Gasteiger charge is 2.30. The lowest BCUT2D eigenvalue weighted by molar-refractivity contribution is -0.913. The van der Waals surface area contributed by atoms with Crippen LogP contribution in [0.3, 0.4) is 0 Å². The molecule has 0 bridgehead atoms. The van der Waals surface area contributed by atoms with Gasteiger partial charge in [0.1, 0.15) is 11.5 Å². The number of quaternary nitrogens is 1. The molecule has 2 aliphatic rings. The van der Waals surface area contributed by atoms with Gasteiger partial charge < -0.3 is 16.0 Å². The van der Waals surface area contributed by atoms with Crippen LogP contribution in [0, 0.1) is 5.92 Å². The number of carbonyl (C=O) groups excluding carboxylic acids is 2. The SMILES string of the molecule is CC[NH+]1CCc2c(sc(NC(=O)c3ccc(S(=O)(=O)N4CCC(C)CC4)cc3)c2C(N)=O)C1. The summed E-state index contributed by atoms with van der Waals surface area (Å²) >= 11 is 1.40. The fourth-order valence-electron chi connectivity index (χ4n) is 4.52. The molecular formula is C23H31N4O4S2+. The predicted octanol–water partition coefficient (Wildman–Crippen LogP) is 1.48. The van der Waals surface area contributed by atoms with Gasteiger partial charge in [0.15, 0.2) is 0 Å². The van der Waals surface area contributed by atoms with E-state index in [-0.39, 0.29) is 4.90 Å². The standard InChI is InChI=1S/C23H30N4O4S2/c1-3-26-11-10-18-19(14-26)32-23(20(18)21(24)28)25-22(29)16-4-6-17(7-5-16)33(30,31)27-12-8-15(2)9-13-27/h4-7,15H,3,8-14H2,1-2H3,(H2,24,28)(H,25,29)/p+1. The highest BCUT2D eigenvalue weighted by atomic mass is 32.2. The Balaban J connectivity index is 1.52. The zero-order valence-corrected chi connectivity index (χ0v) is 20.7. The van der Waals surface area contributed by atoms with Crippen molar-refractivity contribution in [3.05, 3.63) is 45.8 Å². The molecule has 0 radical (unpaired) electrons. The summed E-state index contributed by atoms with van der Waals surface area (Å²) in [5, 5.41) is 3.30. The summed E-state index contributed by atoms with van der Waals surface area (Å²) in [6, 6.07) is 5.96. The third kappa shape index (κ3) is 4.84. The molecule has 3 heterocycles. The molecule has 2 amide bonds. The highest BCUT2D eigenvalue weighted by Crippen LogP contribution is 2.35. The molecule has 4 rings (SSSR count). The van der Waals surface area contributed by atoms with E-state index in [0.29, 0.717) is 35.1 Å². The third-order valence-electron chi connectivity index (χ3n) is 6.70. The second-order valence-corrected chi connectivity index (χ2v) is 12.0. The van der Waals surface area contributed by atoms with Gasteiger partial charge in [-0.2, -0.15) is 4.31 Å². The molecule has 178 valence electrons. The van der Waals surface area contributed by atoms with Gasteiger partial charge in [-0.15, -0.1) is 11.3 Å². The monoisotopic (exact) mass is 491 g/mol. The van der Waals surface area contributed by atoms with Crippen LogP contribution in [0.4, 0.5) is 5.00 Å². The van der Waals surface area contributed by atoms with Crippen LogP contribution in [0.5, 0.6) is 0 Å². The van der Waals surface area contributed by atoms with Crippen molar-refractivity contribution >= 4 is 38.2 Å². The molecule has 8 nitrogen and oxygen atoms in total. The van der Waals surface area contributed by atoms with E-state index in [1.807, 2.05) is 0 Å². The van der Waals surface area contributed by atoms with Crippen molar-refractivity contribution < 1.29 is 22.9 Å². The molecule has 10 heteroatoms. The van der Waals surface area contributed by atoms with E-state index in [9.17, 15) is 18.0 Å². The molecule has 1 unspecified atom stereocenters. The molecule has 1 atom stereocenters. The smallest absolute Gasteiger partial charge is 0.256 e. The number of carbonyl (C=O) groups is 2. The number of benzene rings is 1. The average Bonchev–Trinajstić information content (AvgIpc) is 3.16. The van der Waals surface area contributed by atoms with Gasteiger partial charge in [-0.3, -0.25) is 9.59 Å². The van der Waals surface area contributed by atoms with Gasteiger partial charge in [0.25, 0.3) is 11.8 Å². The Hall–Kier alpha value is -2.27.